The van der Waals surface area contributed by atoms with E-state index in [0.717, 1.165) is 19.5 Å². The van der Waals surface area contributed by atoms with Crippen molar-refractivity contribution in [2.75, 3.05) is 11.6 Å². The van der Waals surface area contributed by atoms with E-state index < -0.39 is 0 Å². The normalized spacial score (nSPS) is 14.0. The van der Waals surface area contributed by atoms with E-state index in [4.69, 9.17) is 4.52 Å². The third kappa shape index (κ3) is 2.40. The fourth-order valence-electron chi connectivity index (χ4n) is 2.26. The second-order valence-electron chi connectivity index (χ2n) is 4.60. The van der Waals surface area contributed by atoms with E-state index >= 15 is 0 Å². The molecule has 0 atom stereocenters. The average Bonchev–Trinajstić information content (AvgIpc) is 2.79. The standard InChI is InChI=1S/C13H13BrN4O2/c1-9(19)15-13-12(14)18(16-20-13)17-7-6-10-4-2-3-5-11(10)8-17/h2-5H,6-8H2,1H3. The molecule has 1 aliphatic heterocycles. The molecule has 3 rings (SSSR count). The average molecular weight is 337 g/mol. The first-order valence-corrected chi connectivity index (χ1v) is 7.06. The van der Waals surface area contributed by atoms with Crippen LogP contribution in [-0.4, -0.2) is 17.7 Å². The Balaban J connectivity index is 1.85. The Morgan fingerprint density at radius 2 is 2.20 bits per heavy atom. The number of benzene rings is 1. The Labute approximate surface area is 124 Å². The highest BCUT2D eigenvalue weighted by atomic mass is 79.9. The highest BCUT2D eigenvalue weighted by Gasteiger charge is 2.28. The topological polar surface area (TPSA) is 64.3 Å². The molecule has 1 aromatic heterocycles. The van der Waals surface area contributed by atoms with Crippen molar-refractivity contribution in [2.24, 2.45) is 0 Å². The van der Waals surface area contributed by atoms with Crippen LogP contribution in [0.15, 0.2) is 33.4 Å². The maximum Gasteiger partial charge on any atom is 0.333 e. The molecule has 20 heavy (non-hydrogen) atoms. The zero-order valence-electron chi connectivity index (χ0n) is 10.9. The molecule has 2 heterocycles. The number of hydrogen-bond acceptors (Lipinski definition) is 4. The molecule has 1 aliphatic rings. The molecular weight excluding hydrogens is 324 g/mol. The predicted octanol–water partition coefficient (Wildman–Crippen LogP) is 1.97. The van der Waals surface area contributed by atoms with Crippen LogP contribution in [0.4, 0.5) is 5.88 Å². The minimum Gasteiger partial charge on any atom is -0.587 e. The molecular formula is C13H13BrN4O2. The van der Waals surface area contributed by atoms with Gasteiger partial charge in [-0.15, -0.1) is 5.01 Å². The highest BCUT2D eigenvalue weighted by molar-refractivity contribution is 9.10. The maximum absolute atomic E-state index is 11.0. The van der Waals surface area contributed by atoms with Gasteiger partial charge < -0.3 is 14.6 Å². The van der Waals surface area contributed by atoms with Crippen LogP contribution in [0.2, 0.25) is 0 Å². The largest absolute Gasteiger partial charge is 0.587 e. The van der Waals surface area contributed by atoms with Crippen molar-refractivity contribution in [2.45, 2.75) is 19.9 Å². The first kappa shape index (κ1) is 13.1. The summed E-state index contributed by atoms with van der Waals surface area (Å²) in [5.41, 5.74) is 2.63. The van der Waals surface area contributed by atoms with Crippen LogP contribution < -0.4 is 9.80 Å². The van der Waals surface area contributed by atoms with E-state index in [-0.39, 0.29) is 11.8 Å². The van der Waals surface area contributed by atoms with Crippen LogP contribution in [0.1, 0.15) is 18.1 Å². The Morgan fingerprint density at radius 1 is 1.45 bits per heavy atom. The van der Waals surface area contributed by atoms with Crippen molar-refractivity contribution in [1.82, 2.24) is 5.27 Å². The second kappa shape index (κ2) is 5.24. The number of halogens is 1. The van der Waals surface area contributed by atoms with Gasteiger partial charge in [-0.2, -0.15) is 0 Å². The number of rotatable bonds is 2. The molecule has 2 aromatic rings. The van der Waals surface area contributed by atoms with Crippen molar-refractivity contribution in [3.05, 3.63) is 45.3 Å². The summed E-state index contributed by atoms with van der Waals surface area (Å²) < 4.78 is 5.63. The van der Waals surface area contributed by atoms with Crippen LogP contribution in [0, 0.1) is 0 Å². The number of carbonyl (C=O) groups excluding carboxylic acids is 1. The van der Waals surface area contributed by atoms with Crippen molar-refractivity contribution < 1.29 is 14.1 Å². The quantitative estimate of drug-likeness (QED) is 0.786. The fourth-order valence-corrected chi connectivity index (χ4v) is 2.71. The predicted molar refractivity (Wildman–Crippen MR) is 75.0 cm³/mol. The minimum absolute atomic E-state index is 0.191. The minimum atomic E-state index is -0.321. The zero-order valence-corrected chi connectivity index (χ0v) is 12.5. The molecule has 0 spiro atoms. The molecule has 1 amide bonds. The maximum atomic E-state index is 11.0. The van der Waals surface area contributed by atoms with Gasteiger partial charge in [0.25, 0.3) is 0 Å². The lowest BCUT2D eigenvalue weighted by atomic mass is 10.0. The van der Waals surface area contributed by atoms with Gasteiger partial charge in [0.05, 0.1) is 17.2 Å². The smallest absolute Gasteiger partial charge is 0.333 e. The van der Waals surface area contributed by atoms with Gasteiger partial charge in [-0.3, -0.25) is 0 Å². The molecule has 0 saturated heterocycles. The summed E-state index contributed by atoms with van der Waals surface area (Å²) >= 11 is 3.37. The molecule has 0 aliphatic carbocycles. The van der Waals surface area contributed by atoms with Gasteiger partial charge in [-0.1, -0.05) is 24.3 Å². The summed E-state index contributed by atoms with van der Waals surface area (Å²) in [4.78, 5) is 12.6. The lowest BCUT2D eigenvalue weighted by Gasteiger charge is -2.22. The van der Waals surface area contributed by atoms with Gasteiger partial charge in [0, 0.05) is 15.9 Å². The number of hydrogen-bond donors (Lipinski definition) is 0. The molecule has 0 saturated carbocycles. The number of nitrogens with zero attached hydrogens (tertiary/aromatic N) is 4. The second-order valence-corrected chi connectivity index (χ2v) is 5.35. The van der Waals surface area contributed by atoms with Crippen LogP contribution in [0.25, 0.3) is 5.32 Å². The molecule has 1 aromatic carbocycles. The van der Waals surface area contributed by atoms with E-state index in [0.29, 0.717) is 4.60 Å². The summed E-state index contributed by atoms with van der Waals surface area (Å²) in [6, 6.07) is 8.33. The Bertz CT molecular complexity index is 656. The molecule has 104 valence electrons. The van der Waals surface area contributed by atoms with E-state index in [2.05, 4.69) is 44.7 Å². The van der Waals surface area contributed by atoms with Crippen LogP contribution >= 0.6 is 15.9 Å². The first-order valence-electron chi connectivity index (χ1n) is 6.27. The Morgan fingerprint density at radius 3 is 2.95 bits per heavy atom. The number of aromatic nitrogens is 2. The third-order valence-electron chi connectivity index (χ3n) is 3.19. The van der Waals surface area contributed by atoms with Crippen molar-refractivity contribution >= 4 is 27.7 Å². The highest BCUT2D eigenvalue weighted by Crippen LogP contribution is 2.26. The van der Waals surface area contributed by atoms with Gasteiger partial charge in [0.2, 0.25) is 5.27 Å². The van der Waals surface area contributed by atoms with Gasteiger partial charge in [0.15, 0.2) is 5.88 Å². The third-order valence-corrected chi connectivity index (χ3v) is 3.85. The van der Waals surface area contributed by atoms with Gasteiger partial charge in [-0.05, 0) is 24.5 Å². The molecule has 0 fully saturated rings. The summed E-state index contributed by atoms with van der Waals surface area (Å²) in [7, 11) is 0. The number of fused-ring (bicyclic) bond motifs is 1. The van der Waals surface area contributed by atoms with Gasteiger partial charge in [-0.25, -0.2) is 0 Å². The molecule has 6 nitrogen and oxygen atoms in total. The lowest BCUT2D eigenvalue weighted by Crippen LogP contribution is -2.61. The lowest BCUT2D eigenvalue weighted by molar-refractivity contribution is -0.769. The van der Waals surface area contributed by atoms with Crippen molar-refractivity contribution in [3.63, 3.8) is 0 Å². The molecule has 0 N–H and O–H groups in total. The first-order chi connectivity index (χ1) is 9.65. The van der Waals surface area contributed by atoms with Gasteiger partial charge in [0.1, 0.15) is 6.54 Å². The monoisotopic (exact) mass is 336 g/mol. The Hall–Kier alpha value is -1.89. The van der Waals surface area contributed by atoms with Crippen molar-refractivity contribution in [3.8, 4) is 0 Å². The summed E-state index contributed by atoms with van der Waals surface area (Å²) in [6.45, 7) is 2.94. The van der Waals surface area contributed by atoms with Crippen LogP contribution in [-0.2, 0) is 17.8 Å². The van der Waals surface area contributed by atoms with E-state index in [1.165, 1.54) is 18.1 Å². The van der Waals surface area contributed by atoms with E-state index in [1.807, 2.05) is 11.1 Å². The van der Waals surface area contributed by atoms with E-state index in [9.17, 15) is 4.79 Å². The number of amides is 1. The SMILES string of the molecule is CC(=O)[N-]c1on[n+](N2CCc3ccccc3C2)c1Br. The summed E-state index contributed by atoms with van der Waals surface area (Å²) in [5, 5.41) is 9.73. The van der Waals surface area contributed by atoms with Gasteiger partial charge >= 0.3 is 4.60 Å². The number of carbonyl (C=O) groups is 1. The Kier molecular flexibility index (Phi) is 3.43. The molecule has 0 bridgehead atoms. The van der Waals surface area contributed by atoms with Crippen LogP contribution in [0.3, 0.4) is 0 Å². The zero-order chi connectivity index (χ0) is 14.1. The molecule has 7 heteroatoms. The van der Waals surface area contributed by atoms with E-state index in [1.54, 1.807) is 4.79 Å². The summed E-state index contributed by atoms with van der Waals surface area (Å²) in [5.74, 6) is -0.130. The van der Waals surface area contributed by atoms with Crippen molar-refractivity contribution in [1.29, 1.82) is 0 Å². The molecule has 0 radical (unpaired) electrons. The molecule has 0 unspecified atom stereocenters. The fraction of sp³-hybridized carbons (Fsp3) is 0.308. The van der Waals surface area contributed by atoms with Crippen LogP contribution in [0.5, 0.6) is 0 Å². The summed E-state index contributed by atoms with van der Waals surface area (Å²) in [6.07, 6.45) is 0.946.